The molecule has 15 heavy (non-hydrogen) atoms. The number of carbonyl (C=O) groups excluding carboxylic acids is 1. The molecule has 0 aliphatic heterocycles. The van der Waals surface area contributed by atoms with Crippen LogP contribution in [-0.2, 0) is 4.79 Å². The van der Waals surface area contributed by atoms with Gasteiger partial charge in [0.25, 0.3) is 0 Å². The molecule has 0 heterocycles. The van der Waals surface area contributed by atoms with Gasteiger partial charge in [0.1, 0.15) is 5.75 Å². The van der Waals surface area contributed by atoms with Crippen molar-refractivity contribution in [2.45, 2.75) is 33.6 Å². The second-order valence-corrected chi connectivity index (χ2v) is 4.27. The molecule has 0 atom stereocenters. The van der Waals surface area contributed by atoms with Crippen LogP contribution in [0.5, 0.6) is 5.75 Å². The fourth-order valence-electron chi connectivity index (χ4n) is 1.28. The van der Waals surface area contributed by atoms with Gasteiger partial charge in [-0.25, -0.2) is 0 Å². The molecule has 0 saturated carbocycles. The lowest BCUT2D eigenvalue weighted by Gasteiger charge is -2.13. The molecule has 2 heteroatoms. The highest BCUT2D eigenvalue weighted by Gasteiger charge is 2.13. The van der Waals surface area contributed by atoms with Gasteiger partial charge >= 0.3 is 5.97 Å². The van der Waals surface area contributed by atoms with Crippen LogP contribution in [0.25, 0.3) is 0 Å². The maximum absolute atomic E-state index is 11.5. The van der Waals surface area contributed by atoms with E-state index in [0.717, 1.165) is 5.56 Å². The van der Waals surface area contributed by atoms with Crippen LogP contribution in [0.2, 0.25) is 0 Å². The maximum Gasteiger partial charge on any atom is 0.313 e. The molecule has 0 unspecified atom stereocenters. The van der Waals surface area contributed by atoms with Gasteiger partial charge in [-0.2, -0.15) is 0 Å². The zero-order chi connectivity index (χ0) is 11.4. The van der Waals surface area contributed by atoms with Gasteiger partial charge in [-0.3, -0.25) is 4.79 Å². The quantitative estimate of drug-likeness (QED) is 0.560. The highest BCUT2D eigenvalue weighted by Crippen LogP contribution is 2.26. The summed E-state index contributed by atoms with van der Waals surface area (Å²) in [5, 5.41) is 0. The SMILES string of the molecule is CC(C)C(=O)Oc1ccccc1C(C)C. The van der Waals surface area contributed by atoms with E-state index in [2.05, 4.69) is 13.8 Å². The maximum atomic E-state index is 11.5. The Kier molecular flexibility index (Phi) is 3.89. The van der Waals surface area contributed by atoms with Crippen molar-refractivity contribution in [1.29, 1.82) is 0 Å². The van der Waals surface area contributed by atoms with Gasteiger partial charge in [0, 0.05) is 0 Å². The van der Waals surface area contributed by atoms with E-state index in [1.807, 2.05) is 38.1 Å². The van der Waals surface area contributed by atoms with Gasteiger partial charge < -0.3 is 4.74 Å². The molecule has 0 spiro atoms. The molecule has 0 N–H and O–H groups in total. The van der Waals surface area contributed by atoms with E-state index in [-0.39, 0.29) is 11.9 Å². The Morgan fingerprint density at radius 3 is 2.27 bits per heavy atom. The summed E-state index contributed by atoms with van der Waals surface area (Å²) >= 11 is 0. The van der Waals surface area contributed by atoms with E-state index >= 15 is 0 Å². The van der Waals surface area contributed by atoms with E-state index in [1.54, 1.807) is 0 Å². The first kappa shape index (κ1) is 11.8. The Bertz CT molecular complexity index is 340. The molecular formula is C13H18O2. The predicted molar refractivity (Wildman–Crippen MR) is 61.0 cm³/mol. The molecule has 0 bridgehead atoms. The third-order valence-electron chi connectivity index (χ3n) is 2.22. The average molecular weight is 206 g/mol. The van der Waals surface area contributed by atoms with E-state index in [0.29, 0.717) is 11.7 Å². The van der Waals surface area contributed by atoms with Gasteiger partial charge in [0.2, 0.25) is 0 Å². The normalized spacial score (nSPS) is 10.8. The number of hydrogen-bond acceptors (Lipinski definition) is 2. The van der Waals surface area contributed by atoms with E-state index in [9.17, 15) is 4.79 Å². The van der Waals surface area contributed by atoms with E-state index in [4.69, 9.17) is 4.74 Å². The summed E-state index contributed by atoms with van der Waals surface area (Å²) < 4.78 is 5.33. The van der Waals surface area contributed by atoms with Crippen LogP contribution in [-0.4, -0.2) is 5.97 Å². The Hall–Kier alpha value is -1.31. The second-order valence-electron chi connectivity index (χ2n) is 4.27. The van der Waals surface area contributed by atoms with Crippen molar-refractivity contribution in [3.63, 3.8) is 0 Å². The molecule has 0 saturated heterocycles. The summed E-state index contributed by atoms with van der Waals surface area (Å²) in [6.45, 7) is 7.84. The largest absolute Gasteiger partial charge is 0.426 e. The van der Waals surface area contributed by atoms with Crippen molar-refractivity contribution >= 4 is 5.97 Å². The van der Waals surface area contributed by atoms with Crippen LogP contribution < -0.4 is 4.74 Å². The van der Waals surface area contributed by atoms with Crippen LogP contribution in [0, 0.1) is 5.92 Å². The molecule has 0 aliphatic carbocycles. The highest BCUT2D eigenvalue weighted by atomic mass is 16.5. The fourth-order valence-corrected chi connectivity index (χ4v) is 1.28. The molecule has 1 rings (SSSR count). The smallest absolute Gasteiger partial charge is 0.313 e. The lowest BCUT2D eigenvalue weighted by molar-refractivity contribution is -0.137. The lowest BCUT2D eigenvalue weighted by atomic mass is 10.0. The van der Waals surface area contributed by atoms with Crippen molar-refractivity contribution in [2.24, 2.45) is 5.92 Å². The highest BCUT2D eigenvalue weighted by molar-refractivity contribution is 5.74. The van der Waals surface area contributed by atoms with Crippen molar-refractivity contribution in [2.75, 3.05) is 0 Å². The number of esters is 1. The summed E-state index contributed by atoms with van der Waals surface area (Å²) in [7, 11) is 0. The van der Waals surface area contributed by atoms with Gasteiger partial charge in [0.05, 0.1) is 5.92 Å². The van der Waals surface area contributed by atoms with E-state index < -0.39 is 0 Å². The molecular weight excluding hydrogens is 188 g/mol. The van der Waals surface area contributed by atoms with Crippen LogP contribution in [0.1, 0.15) is 39.2 Å². The summed E-state index contributed by atoms with van der Waals surface area (Å²) in [6, 6.07) is 7.68. The second kappa shape index (κ2) is 4.96. The van der Waals surface area contributed by atoms with Crippen LogP contribution >= 0.6 is 0 Å². The average Bonchev–Trinajstić information content (AvgIpc) is 2.18. The molecule has 0 radical (unpaired) electrons. The molecule has 0 amide bonds. The Morgan fingerprint density at radius 2 is 1.73 bits per heavy atom. The summed E-state index contributed by atoms with van der Waals surface area (Å²) in [5.74, 6) is 0.778. The van der Waals surface area contributed by atoms with Crippen molar-refractivity contribution in [1.82, 2.24) is 0 Å². The summed E-state index contributed by atoms with van der Waals surface area (Å²) in [4.78, 5) is 11.5. The standard InChI is InChI=1S/C13H18O2/c1-9(2)11-7-5-6-8-12(11)15-13(14)10(3)4/h5-10H,1-4H3. The third kappa shape index (κ3) is 3.08. The number of benzene rings is 1. The van der Waals surface area contributed by atoms with Gasteiger partial charge in [0.15, 0.2) is 0 Å². The van der Waals surface area contributed by atoms with Crippen molar-refractivity contribution in [3.05, 3.63) is 29.8 Å². The lowest BCUT2D eigenvalue weighted by Crippen LogP contribution is -2.15. The first-order valence-corrected chi connectivity index (χ1v) is 5.33. The van der Waals surface area contributed by atoms with Crippen LogP contribution in [0.3, 0.4) is 0 Å². The Balaban J connectivity index is 2.89. The van der Waals surface area contributed by atoms with Gasteiger partial charge in [-0.15, -0.1) is 0 Å². The number of hydrogen-bond donors (Lipinski definition) is 0. The number of para-hydroxylation sites is 1. The molecule has 1 aromatic rings. The zero-order valence-corrected chi connectivity index (χ0v) is 9.78. The molecule has 82 valence electrons. The Morgan fingerprint density at radius 1 is 1.13 bits per heavy atom. The zero-order valence-electron chi connectivity index (χ0n) is 9.78. The third-order valence-corrected chi connectivity index (χ3v) is 2.22. The number of rotatable bonds is 3. The van der Waals surface area contributed by atoms with Crippen molar-refractivity contribution < 1.29 is 9.53 Å². The van der Waals surface area contributed by atoms with E-state index in [1.165, 1.54) is 0 Å². The fraction of sp³-hybridized carbons (Fsp3) is 0.462. The summed E-state index contributed by atoms with van der Waals surface area (Å²) in [5.41, 5.74) is 1.08. The van der Waals surface area contributed by atoms with Crippen LogP contribution in [0.4, 0.5) is 0 Å². The number of carbonyl (C=O) groups is 1. The van der Waals surface area contributed by atoms with Gasteiger partial charge in [-0.05, 0) is 17.5 Å². The van der Waals surface area contributed by atoms with Crippen LogP contribution in [0.15, 0.2) is 24.3 Å². The molecule has 0 fully saturated rings. The molecule has 1 aromatic carbocycles. The summed E-state index contributed by atoms with van der Waals surface area (Å²) in [6.07, 6.45) is 0. The minimum atomic E-state index is -0.178. The monoisotopic (exact) mass is 206 g/mol. The minimum Gasteiger partial charge on any atom is -0.426 e. The predicted octanol–water partition coefficient (Wildman–Crippen LogP) is 3.37. The molecule has 0 aromatic heterocycles. The van der Waals surface area contributed by atoms with Gasteiger partial charge in [-0.1, -0.05) is 45.9 Å². The Labute approximate surface area is 91.3 Å². The molecule has 0 aliphatic rings. The first-order valence-electron chi connectivity index (χ1n) is 5.33. The number of ether oxygens (including phenoxy) is 1. The first-order chi connectivity index (χ1) is 7.02. The topological polar surface area (TPSA) is 26.3 Å². The minimum absolute atomic E-state index is 0.0924. The molecule has 2 nitrogen and oxygen atoms in total. The van der Waals surface area contributed by atoms with Crippen molar-refractivity contribution in [3.8, 4) is 5.75 Å².